The van der Waals surface area contributed by atoms with Gasteiger partial charge < -0.3 is 15.4 Å². The van der Waals surface area contributed by atoms with Gasteiger partial charge in [0.25, 0.3) is 0 Å². The van der Waals surface area contributed by atoms with E-state index in [9.17, 15) is 4.79 Å². The molecule has 0 atom stereocenters. The van der Waals surface area contributed by atoms with E-state index < -0.39 is 0 Å². The predicted molar refractivity (Wildman–Crippen MR) is 163 cm³/mol. The summed E-state index contributed by atoms with van der Waals surface area (Å²) < 4.78 is 9.45. The maximum Gasteiger partial charge on any atom is 0.245 e. The second-order valence-electron chi connectivity index (χ2n) is 10.8. The summed E-state index contributed by atoms with van der Waals surface area (Å²) in [6.45, 7) is 5.00. The maximum absolute atomic E-state index is 11.0. The van der Waals surface area contributed by atoms with Crippen LogP contribution in [0.3, 0.4) is 0 Å². The smallest absolute Gasteiger partial charge is 0.245 e. The van der Waals surface area contributed by atoms with Crippen molar-refractivity contribution in [3.05, 3.63) is 96.7 Å². The summed E-state index contributed by atoms with van der Waals surface area (Å²) in [7, 11) is 1.86. The number of benzene rings is 2. The van der Waals surface area contributed by atoms with E-state index in [1.807, 2.05) is 54.2 Å². The largest absolute Gasteiger partial charge is 0.418 e. The van der Waals surface area contributed by atoms with Crippen molar-refractivity contribution in [1.29, 1.82) is 0 Å². The van der Waals surface area contributed by atoms with Crippen LogP contribution in [0.2, 0.25) is 0 Å². The third kappa shape index (κ3) is 5.82. The molecule has 4 heterocycles. The van der Waals surface area contributed by atoms with Crippen molar-refractivity contribution in [3.63, 3.8) is 0 Å². The highest BCUT2D eigenvalue weighted by Crippen LogP contribution is 2.35. The van der Waals surface area contributed by atoms with Crippen LogP contribution < -0.4 is 10.5 Å². The van der Waals surface area contributed by atoms with Crippen LogP contribution in [0.25, 0.3) is 28.2 Å². The lowest BCUT2D eigenvalue weighted by Crippen LogP contribution is -2.42. The predicted octanol–water partition coefficient (Wildman–Crippen LogP) is 5.20. The summed E-state index contributed by atoms with van der Waals surface area (Å²) >= 11 is 0. The van der Waals surface area contributed by atoms with Gasteiger partial charge in [-0.3, -0.25) is 9.48 Å². The van der Waals surface area contributed by atoms with Crippen molar-refractivity contribution >= 4 is 11.6 Å². The molecule has 7 rings (SSSR count). The van der Waals surface area contributed by atoms with Gasteiger partial charge in [-0.05, 0) is 61.4 Å². The lowest BCUT2D eigenvalue weighted by Gasteiger charge is -2.29. The van der Waals surface area contributed by atoms with E-state index in [1.165, 1.54) is 30.0 Å². The fourth-order valence-electron chi connectivity index (χ4n) is 5.55. The van der Waals surface area contributed by atoms with E-state index in [-0.39, 0.29) is 11.9 Å². The Morgan fingerprint density at radius 1 is 0.952 bits per heavy atom. The first-order valence-electron chi connectivity index (χ1n) is 14.4. The number of amides is 1. The number of nitrogens with two attached hydrogens (primary N) is 1. The zero-order valence-corrected chi connectivity index (χ0v) is 23.8. The number of ether oxygens (including phenoxy) is 1. The van der Waals surface area contributed by atoms with Gasteiger partial charge in [0.15, 0.2) is 5.65 Å². The molecule has 1 fully saturated rings. The summed E-state index contributed by atoms with van der Waals surface area (Å²) in [4.78, 5) is 17.8. The molecule has 2 aromatic carbocycles. The Morgan fingerprint density at radius 2 is 1.71 bits per heavy atom. The molecule has 0 saturated carbocycles. The first kappa shape index (κ1) is 27.4. The van der Waals surface area contributed by atoms with Crippen LogP contribution in [0.4, 0.5) is 0 Å². The lowest BCUT2D eigenvalue weighted by atomic mass is 10.0. The lowest BCUT2D eigenvalue weighted by molar-refractivity contribution is -0.126. The summed E-state index contributed by atoms with van der Waals surface area (Å²) in [5.74, 6) is 1.01. The van der Waals surface area contributed by atoms with Gasteiger partial charge in [-0.25, -0.2) is 9.50 Å². The number of nitrogens with zero attached hydrogens (tertiary/aromatic N) is 6. The van der Waals surface area contributed by atoms with E-state index in [2.05, 4.69) is 42.0 Å². The molecule has 0 spiro atoms. The van der Waals surface area contributed by atoms with E-state index in [0.717, 1.165) is 60.5 Å². The Labute approximate surface area is 245 Å². The molecule has 9 nitrogen and oxygen atoms in total. The number of carbonyl (C=O) groups excluding carboxylic acids is 1. The second kappa shape index (κ2) is 12.0. The van der Waals surface area contributed by atoms with E-state index in [1.54, 1.807) is 9.58 Å². The zero-order chi connectivity index (χ0) is 29.1. The summed E-state index contributed by atoms with van der Waals surface area (Å²) in [6, 6.07) is 22.9. The average molecular weight is 562 g/mol. The summed E-state index contributed by atoms with van der Waals surface area (Å²) in [6.07, 6.45) is 8.56. The number of carbonyl (C=O) groups is 1. The number of rotatable bonds is 5. The van der Waals surface area contributed by atoms with Gasteiger partial charge >= 0.3 is 0 Å². The number of aromatic nitrogens is 5. The highest BCUT2D eigenvalue weighted by molar-refractivity contribution is 5.87. The fraction of sp³-hybridized carbons (Fsp3) is 0.273. The topological polar surface area (TPSA) is 104 Å². The number of fused-ring (bicyclic) bond motifs is 2. The minimum absolute atomic E-state index is 0.0249. The van der Waals surface area contributed by atoms with Crippen molar-refractivity contribution in [2.75, 3.05) is 13.1 Å². The van der Waals surface area contributed by atoms with Crippen LogP contribution in [-0.2, 0) is 24.7 Å². The molecular weight excluding hydrogens is 526 g/mol. The summed E-state index contributed by atoms with van der Waals surface area (Å²) in [5.41, 5.74) is 13.4. The van der Waals surface area contributed by atoms with E-state index in [0.29, 0.717) is 11.8 Å². The van der Waals surface area contributed by atoms with Gasteiger partial charge in [0.2, 0.25) is 17.7 Å². The van der Waals surface area contributed by atoms with Crippen molar-refractivity contribution in [1.82, 2.24) is 29.3 Å². The molecule has 1 saturated heterocycles. The van der Waals surface area contributed by atoms with Crippen LogP contribution in [0, 0.1) is 0 Å². The number of hydrogen-bond donors (Lipinski definition) is 1. The molecule has 2 N–H and O–H groups in total. The molecule has 0 radical (unpaired) electrons. The van der Waals surface area contributed by atoms with Gasteiger partial charge in [-0.15, -0.1) is 10.2 Å². The minimum Gasteiger partial charge on any atom is -0.418 e. The first-order chi connectivity index (χ1) is 20.5. The van der Waals surface area contributed by atoms with Crippen LogP contribution in [0.5, 0.6) is 11.8 Å². The van der Waals surface area contributed by atoms with Gasteiger partial charge in [0, 0.05) is 55.6 Å². The molecule has 1 aliphatic heterocycles. The Hall–Kier alpha value is -4.76. The van der Waals surface area contributed by atoms with Crippen molar-refractivity contribution < 1.29 is 9.53 Å². The van der Waals surface area contributed by atoms with E-state index in [4.69, 9.17) is 20.6 Å². The highest BCUT2D eigenvalue weighted by Gasteiger charge is 2.20. The first-order valence-corrected chi connectivity index (χ1v) is 14.4. The molecule has 0 bridgehead atoms. The van der Waals surface area contributed by atoms with Crippen LogP contribution >= 0.6 is 0 Å². The molecule has 214 valence electrons. The number of hydrogen-bond acceptors (Lipinski definition) is 6. The molecule has 3 aromatic heterocycles. The molecule has 0 unspecified atom stereocenters. The molecule has 1 aliphatic carbocycles. The molecule has 5 aromatic rings. The zero-order valence-electron chi connectivity index (χ0n) is 23.8. The van der Waals surface area contributed by atoms with Gasteiger partial charge in [-0.1, -0.05) is 49.0 Å². The Morgan fingerprint density at radius 3 is 2.45 bits per heavy atom. The third-order valence-electron chi connectivity index (χ3n) is 7.80. The van der Waals surface area contributed by atoms with Crippen molar-refractivity contribution in [2.24, 2.45) is 12.8 Å². The highest BCUT2D eigenvalue weighted by atomic mass is 16.5. The Kier molecular flexibility index (Phi) is 7.83. The monoisotopic (exact) mass is 561 g/mol. The van der Waals surface area contributed by atoms with Gasteiger partial charge in [0.1, 0.15) is 5.69 Å². The van der Waals surface area contributed by atoms with Crippen molar-refractivity contribution in [3.8, 4) is 34.3 Å². The summed E-state index contributed by atoms with van der Waals surface area (Å²) in [5, 5.41) is 9.04. The minimum atomic E-state index is 0.0249. The van der Waals surface area contributed by atoms with Crippen LogP contribution in [0.1, 0.15) is 30.4 Å². The number of imidazole rings is 1. The molecule has 1 amide bonds. The SMILES string of the molecule is C=CC(=O)N1CCC(N)CC1.Cn1ccc(Oc2ccc3nc(-c4ccc5c(c4)CCC5)c(-c4ccccc4)n3n2)n1. The van der Waals surface area contributed by atoms with Crippen LogP contribution in [0.15, 0.2) is 85.6 Å². The number of piperidine rings is 1. The standard InChI is InChI=1S/C25H21N5O.C8H14N2O/c1-29-15-14-23(27-29)31-22-13-12-21-26-24(20-11-10-17-8-5-9-19(17)16-20)25(30(21)28-22)18-6-3-2-4-7-18;1-2-8(11)10-5-3-7(9)4-6-10/h2-4,6-7,10-16H,5,8-9H2,1H3;2,7H,1,3-6,9H2. The maximum atomic E-state index is 11.0. The van der Waals surface area contributed by atoms with Gasteiger partial charge in [0.05, 0.1) is 5.69 Å². The second-order valence-corrected chi connectivity index (χ2v) is 10.8. The Bertz CT molecular complexity index is 1720. The van der Waals surface area contributed by atoms with E-state index >= 15 is 0 Å². The van der Waals surface area contributed by atoms with Crippen molar-refractivity contribution in [2.45, 2.75) is 38.1 Å². The Balaban J connectivity index is 0.000000244. The van der Waals surface area contributed by atoms with Crippen LogP contribution in [-0.4, -0.2) is 54.3 Å². The average Bonchev–Trinajstić information content (AvgIpc) is 3.75. The molecule has 9 heteroatoms. The van der Waals surface area contributed by atoms with Gasteiger partial charge in [-0.2, -0.15) is 0 Å². The number of likely N-dealkylation sites (tertiary alicyclic amines) is 1. The normalized spacial score (nSPS) is 14.8. The molecular formula is C33H35N7O2. The fourth-order valence-corrected chi connectivity index (χ4v) is 5.55. The third-order valence-corrected chi connectivity index (χ3v) is 7.80. The molecule has 42 heavy (non-hydrogen) atoms. The quantitative estimate of drug-likeness (QED) is 0.296. The number of aryl methyl sites for hydroxylation is 3. The molecule has 2 aliphatic rings.